The van der Waals surface area contributed by atoms with Crippen molar-refractivity contribution in [3.05, 3.63) is 52.0 Å². The summed E-state index contributed by atoms with van der Waals surface area (Å²) in [6.07, 6.45) is 2.73. The second-order valence-corrected chi connectivity index (χ2v) is 8.26. The maximum absolute atomic E-state index is 11.8. The second-order valence-electron chi connectivity index (χ2n) is 6.61. The first-order valence-corrected chi connectivity index (χ1v) is 11.2. The highest BCUT2D eigenvalue weighted by Crippen LogP contribution is 2.33. The monoisotopic (exact) mass is 481 g/mol. The molecular weight excluding hydrogens is 461 g/mol. The van der Waals surface area contributed by atoms with Crippen LogP contribution in [0.15, 0.2) is 40.9 Å². The van der Waals surface area contributed by atoms with Gasteiger partial charge in [-0.1, -0.05) is 58.1 Å². The Morgan fingerprint density at radius 2 is 2.04 bits per heavy atom. The largest absolute Gasteiger partial charge is 0.387 e. The lowest BCUT2D eigenvalue weighted by Gasteiger charge is -2.30. The normalized spacial score (nSPS) is 20.7. The third-order valence-electron chi connectivity index (χ3n) is 4.97. The van der Waals surface area contributed by atoms with E-state index in [1.54, 1.807) is 11.3 Å². The van der Waals surface area contributed by atoms with E-state index >= 15 is 0 Å². The van der Waals surface area contributed by atoms with E-state index in [1.807, 2.05) is 23.1 Å². The number of thiazole rings is 1. The van der Waals surface area contributed by atoms with Crippen LogP contribution in [0.25, 0.3) is 0 Å². The lowest BCUT2D eigenvalue weighted by atomic mass is 9.97. The van der Waals surface area contributed by atoms with Gasteiger partial charge in [0.05, 0.1) is 15.1 Å². The third-order valence-corrected chi connectivity index (χ3v) is 6.63. The number of carbonyl (C=O) groups excluding carboxylic acids is 1. The van der Waals surface area contributed by atoms with Crippen molar-refractivity contribution in [3.8, 4) is 0 Å². The number of amides is 1. The molecular formula is C19H20IN3O2S. The first kappa shape index (κ1) is 17.9. The van der Waals surface area contributed by atoms with Gasteiger partial charge in [-0.2, -0.15) is 0 Å². The van der Waals surface area contributed by atoms with Crippen molar-refractivity contribution in [1.82, 2.24) is 9.88 Å². The van der Waals surface area contributed by atoms with E-state index in [-0.39, 0.29) is 12.0 Å². The number of hydrogen-bond donors (Lipinski definition) is 0. The zero-order valence-corrected chi connectivity index (χ0v) is 17.3. The first-order chi connectivity index (χ1) is 12.7. The van der Waals surface area contributed by atoms with Crippen molar-refractivity contribution in [1.29, 1.82) is 0 Å². The molecule has 1 atom stereocenters. The Kier molecular flexibility index (Phi) is 5.54. The maximum Gasteiger partial charge on any atom is 0.232 e. The molecule has 0 saturated carbocycles. The van der Waals surface area contributed by atoms with Gasteiger partial charge in [0.2, 0.25) is 5.91 Å². The molecule has 1 fully saturated rings. The Labute approximate surface area is 170 Å². The Bertz CT molecular complexity index is 800. The number of alkyl halides is 1. The molecule has 3 heterocycles. The van der Waals surface area contributed by atoms with Crippen molar-refractivity contribution in [2.45, 2.75) is 31.3 Å². The summed E-state index contributed by atoms with van der Waals surface area (Å²) in [6.45, 7) is 1.67. The minimum absolute atomic E-state index is 0.0149. The molecule has 0 aliphatic carbocycles. The molecule has 0 radical (unpaired) electrons. The summed E-state index contributed by atoms with van der Waals surface area (Å²) >= 11 is 3.84. The average molecular weight is 481 g/mol. The minimum Gasteiger partial charge on any atom is -0.387 e. The molecule has 2 aliphatic heterocycles. The summed E-state index contributed by atoms with van der Waals surface area (Å²) in [6, 6.07) is 10.2. The number of carbonyl (C=O) groups is 1. The number of nitrogens with zero attached hydrogens (tertiary/aromatic N) is 3. The molecule has 7 heteroatoms. The van der Waals surface area contributed by atoms with Crippen molar-refractivity contribution < 1.29 is 9.63 Å². The number of rotatable bonds is 4. The van der Waals surface area contributed by atoms with E-state index in [2.05, 4.69) is 45.3 Å². The molecule has 26 heavy (non-hydrogen) atoms. The van der Waals surface area contributed by atoms with Gasteiger partial charge in [-0.05, 0) is 18.4 Å². The lowest BCUT2D eigenvalue weighted by molar-refractivity contribution is -0.129. The Hall–Kier alpha value is -1.48. The molecule has 1 aromatic heterocycles. The van der Waals surface area contributed by atoms with Gasteiger partial charge in [0.1, 0.15) is 5.71 Å². The van der Waals surface area contributed by atoms with Crippen molar-refractivity contribution in [3.63, 3.8) is 0 Å². The predicted molar refractivity (Wildman–Crippen MR) is 111 cm³/mol. The molecule has 1 saturated heterocycles. The Balaban J connectivity index is 1.38. The van der Waals surface area contributed by atoms with E-state index in [0.717, 1.165) is 54.3 Å². The van der Waals surface area contributed by atoms with E-state index < -0.39 is 0 Å². The predicted octanol–water partition coefficient (Wildman–Crippen LogP) is 4.15. The highest BCUT2D eigenvalue weighted by molar-refractivity contribution is 14.1. The summed E-state index contributed by atoms with van der Waals surface area (Å²) in [5, 5.41) is 7.53. The van der Waals surface area contributed by atoms with Crippen molar-refractivity contribution in [2.24, 2.45) is 5.16 Å². The highest BCUT2D eigenvalue weighted by atomic mass is 127. The smallest absolute Gasteiger partial charge is 0.232 e. The molecule has 1 amide bonds. The number of likely N-dealkylation sites (tertiary alicyclic amines) is 1. The highest BCUT2D eigenvalue weighted by Gasteiger charge is 2.28. The van der Waals surface area contributed by atoms with Gasteiger partial charge in [-0.15, -0.1) is 11.3 Å². The van der Waals surface area contributed by atoms with Crippen LogP contribution >= 0.6 is 33.9 Å². The van der Waals surface area contributed by atoms with Crippen LogP contribution < -0.4 is 0 Å². The molecule has 4 rings (SSSR count). The molecule has 5 nitrogen and oxygen atoms in total. The Morgan fingerprint density at radius 3 is 2.77 bits per heavy atom. The summed E-state index contributed by atoms with van der Waals surface area (Å²) in [7, 11) is 0. The van der Waals surface area contributed by atoms with Gasteiger partial charge in [0.15, 0.2) is 6.10 Å². The quantitative estimate of drug-likeness (QED) is 0.487. The van der Waals surface area contributed by atoms with Crippen LogP contribution in [0.1, 0.15) is 47.5 Å². The number of halogens is 1. The topological polar surface area (TPSA) is 54.8 Å². The Morgan fingerprint density at radius 1 is 1.27 bits per heavy atom. The zero-order valence-electron chi connectivity index (χ0n) is 14.3. The molecule has 0 bridgehead atoms. The van der Waals surface area contributed by atoms with Gasteiger partial charge in [0.25, 0.3) is 0 Å². The number of oxime groups is 1. The fourth-order valence-corrected chi connectivity index (χ4v) is 4.93. The number of benzene rings is 1. The minimum atomic E-state index is -0.0149. The third kappa shape index (κ3) is 3.78. The fraction of sp³-hybridized carbons (Fsp3) is 0.421. The molecule has 1 unspecified atom stereocenters. The number of aromatic nitrogens is 1. The van der Waals surface area contributed by atoms with Crippen LogP contribution in [0.4, 0.5) is 0 Å². The van der Waals surface area contributed by atoms with Gasteiger partial charge < -0.3 is 9.74 Å². The second kappa shape index (κ2) is 8.04. The van der Waals surface area contributed by atoms with Gasteiger partial charge in [-0.3, -0.25) is 4.79 Å². The van der Waals surface area contributed by atoms with Crippen LogP contribution in [0.3, 0.4) is 0 Å². The van der Waals surface area contributed by atoms with Crippen LogP contribution in [-0.2, 0) is 9.63 Å². The summed E-state index contributed by atoms with van der Waals surface area (Å²) in [5.74, 6) is 0.688. The zero-order chi connectivity index (χ0) is 17.9. The van der Waals surface area contributed by atoms with E-state index in [1.165, 1.54) is 0 Å². The average Bonchev–Trinajstić information content (AvgIpc) is 3.38. The van der Waals surface area contributed by atoms with Crippen LogP contribution in [0, 0.1) is 0 Å². The fourth-order valence-electron chi connectivity index (χ4n) is 3.44. The van der Waals surface area contributed by atoms with Crippen LogP contribution in [0.2, 0.25) is 0 Å². The van der Waals surface area contributed by atoms with E-state index in [4.69, 9.17) is 9.82 Å². The summed E-state index contributed by atoms with van der Waals surface area (Å²) in [5.41, 5.74) is 3.02. The first-order valence-electron chi connectivity index (χ1n) is 8.81. The van der Waals surface area contributed by atoms with Crippen molar-refractivity contribution >= 4 is 45.5 Å². The summed E-state index contributed by atoms with van der Waals surface area (Å²) in [4.78, 5) is 24.2. The molecule has 2 aromatic rings. The summed E-state index contributed by atoms with van der Waals surface area (Å²) < 4.78 is 0.562. The van der Waals surface area contributed by atoms with Gasteiger partial charge in [-0.25, -0.2) is 4.98 Å². The van der Waals surface area contributed by atoms with Gasteiger partial charge in [0, 0.05) is 30.8 Å². The van der Waals surface area contributed by atoms with E-state index in [9.17, 15) is 4.79 Å². The van der Waals surface area contributed by atoms with Crippen LogP contribution in [0.5, 0.6) is 0 Å². The number of hydrogen-bond acceptors (Lipinski definition) is 5. The molecule has 0 spiro atoms. The van der Waals surface area contributed by atoms with Crippen molar-refractivity contribution in [2.75, 3.05) is 17.5 Å². The molecule has 2 aliphatic rings. The van der Waals surface area contributed by atoms with Gasteiger partial charge >= 0.3 is 0 Å². The molecule has 0 N–H and O–H groups in total. The SMILES string of the molecule is O=C(CI)N1CCC(c2nc(C3=NOC(c4ccccc4)C3)cs2)CC1. The van der Waals surface area contributed by atoms with Crippen LogP contribution in [-0.4, -0.2) is 39.0 Å². The number of piperidine rings is 1. The maximum atomic E-state index is 11.8. The lowest BCUT2D eigenvalue weighted by Crippen LogP contribution is -2.38. The van der Waals surface area contributed by atoms with E-state index in [0.29, 0.717) is 10.3 Å². The standard InChI is InChI=1S/C19H20IN3O2S/c20-11-18(24)23-8-6-14(7-9-23)19-21-16(12-26-19)15-10-17(25-22-15)13-4-2-1-3-5-13/h1-5,12,14,17H,6-11H2. The molecule has 136 valence electrons. The molecule has 1 aromatic carbocycles.